The molecular weight excluding hydrogens is 436 g/mol. The van der Waals surface area contributed by atoms with Crippen molar-refractivity contribution in [3.05, 3.63) is 70.0 Å². The van der Waals surface area contributed by atoms with E-state index in [1.54, 1.807) is 17.9 Å². The van der Waals surface area contributed by atoms with Crippen molar-refractivity contribution in [2.45, 2.75) is 44.4 Å². The Morgan fingerprint density at radius 2 is 1.90 bits per heavy atom. The molecule has 1 aliphatic rings. The van der Waals surface area contributed by atoms with E-state index >= 15 is 0 Å². The van der Waals surface area contributed by atoms with E-state index in [4.69, 9.17) is 11.6 Å². The molecule has 0 bridgehead atoms. The third kappa shape index (κ3) is 5.76. The molecule has 1 saturated carbocycles. The third-order valence-corrected chi connectivity index (χ3v) is 5.45. The maximum absolute atomic E-state index is 13.1. The molecule has 0 radical (unpaired) electrons. The normalized spacial score (nSPS) is 14.8. The first-order chi connectivity index (χ1) is 14.6. The standard InChI is InChI=1S/C22H21ClF4N2O2/c1-13(14-3-2-4-15(11-14)22(25,26)27)29(17-6-7-17)20(30)9-10-28-21(31)18-8-5-16(24)12-19(18)23/h2-5,8,11-13,17H,6-7,9-10H2,1H3,(H,28,31). The summed E-state index contributed by atoms with van der Waals surface area (Å²) in [5.74, 6) is -1.38. The second-order valence-electron chi connectivity index (χ2n) is 7.46. The third-order valence-electron chi connectivity index (χ3n) is 5.14. The van der Waals surface area contributed by atoms with E-state index in [1.807, 2.05) is 0 Å². The fourth-order valence-corrected chi connectivity index (χ4v) is 3.66. The number of halogens is 5. The molecule has 0 heterocycles. The Bertz CT molecular complexity index is 976. The Balaban J connectivity index is 1.64. The lowest BCUT2D eigenvalue weighted by Gasteiger charge is -2.30. The Hall–Kier alpha value is -2.61. The second kappa shape index (κ2) is 9.26. The zero-order chi connectivity index (χ0) is 22.8. The number of nitrogens with one attached hydrogen (secondary N) is 1. The average molecular weight is 457 g/mol. The van der Waals surface area contributed by atoms with Gasteiger partial charge in [0.05, 0.1) is 22.2 Å². The van der Waals surface area contributed by atoms with Crippen LogP contribution in [0.2, 0.25) is 5.02 Å². The second-order valence-corrected chi connectivity index (χ2v) is 7.87. The number of amides is 2. The molecule has 0 aromatic heterocycles. The number of rotatable bonds is 7. The van der Waals surface area contributed by atoms with Crippen LogP contribution < -0.4 is 5.32 Å². The molecule has 166 valence electrons. The predicted octanol–water partition coefficient (Wildman–Crippen LogP) is 5.37. The topological polar surface area (TPSA) is 49.4 Å². The van der Waals surface area contributed by atoms with Crippen molar-refractivity contribution < 1.29 is 27.2 Å². The molecule has 1 atom stereocenters. The molecule has 0 spiro atoms. The van der Waals surface area contributed by atoms with Crippen molar-refractivity contribution in [3.63, 3.8) is 0 Å². The van der Waals surface area contributed by atoms with Crippen molar-refractivity contribution in [3.8, 4) is 0 Å². The van der Waals surface area contributed by atoms with Crippen LogP contribution in [0.3, 0.4) is 0 Å². The first-order valence-electron chi connectivity index (χ1n) is 9.79. The number of alkyl halides is 3. The smallest absolute Gasteiger partial charge is 0.351 e. The van der Waals surface area contributed by atoms with Crippen molar-refractivity contribution in [2.24, 2.45) is 0 Å². The molecule has 1 unspecified atom stereocenters. The molecule has 2 amide bonds. The van der Waals surface area contributed by atoms with Gasteiger partial charge in [-0.15, -0.1) is 0 Å². The van der Waals surface area contributed by atoms with Gasteiger partial charge in [-0.3, -0.25) is 9.59 Å². The molecule has 1 N–H and O–H groups in total. The van der Waals surface area contributed by atoms with Gasteiger partial charge in [0, 0.05) is 19.0 Å². The minimum absolute atomic E-state index is 0.0178. The molecule has 2 aromatic carbocycles. The van der Waals surface area contributed by atoms with Gasteiger partial charge < -0.3 is 10.2 Å². The highest BCUT2D eigenvalue weighted by Gasteiger charge is 2.37. The maximum Gasteiger partial charge on any atom is 0.416 e. The van der Waals surface area contributed by atoms with Gasteiger partial charge in [0.1, 0.15) is 5.82 Å². The summed E-state index contributed by atoms with van der Waals surface area (Å²) in [5, 5.41) is 2.53. The first-order valence-corrected chi connectivity index (χ1v) is 10.2. The molecule has 9 heteroatoms. The minimum Gasteiger partial charge on any atom is -0.351 e. The summed E-state index contributed by atoms with van der Waals surface area (Å²) in [5.41, 5.74) is -0.271. The van der Waals surface area contributed by atoms with E-state index < -0.39 is 29.5 Å². The van der Waals surface area contributed by atoms with Crippen molar-refractivity contribution in [1.82, 2.24) is 10.2 Å². The lowest BCUT2D eigenvalue weighted by atomic mass is 10.0. The predicted molar refractivity (Wildman–Crippen MR) is 108 cm³/mol. The van der Waals surface area contributed by atoms with Crippen LogP contribution >= 0.6 is 11.6 Å². The molecule has 2 aromatic rings. The van der Waals surface area contributed by atoms with Gasteiger partial charge in [-0.05, 0) is 55.7 Å². The minimum atomic E-state index is -4.46. The van der Waals surface area contributed by atoms with Crippen LogP contribution in [-0.4, -0.2) is 29.3 Å². The van der Waals surface area contributed by atoms with Gasteiger partial charge in [0.25, 0.3) is 5.91 Å². The van der Waals surface area contributed by atoms with Crippen LogP contribution in [0.4, 0.5) is 17.6 Å². The van der Waals surface area contributed by atoms with Gasteiger partial charge in [0.15, 0.2) is 0 Å². The van der Waals surface area contributed by atoms with Crippen molar-refractivity contribution >= 4 is 23.4 Å². The van der Waals surface area contributed by atoms with E-state index in [2.05, 4.69) is 5.32 Å². The van der Waals surface area contributed by atoms with E-state index in [1.165, 1.54) is 12.1 Å². The highest BCUT2D eigenvalue weighted by atomic mass is 35.5. The molecule has 1 fully saturated rings. The average Bonchev–Trinajstić information content (AvgIpc) is 3.52. The monoisotopic (exact) mass is 456 g/mol. The molecule has 3 rings (SSSR count). The number of nitrogens with zero attached hydrogens (tertiary/aromatic N) is 1. The van der Waals surface area contributed by atoms with Gasteiger partial charge in [-0.25, -0.2) is 4.39 Å². The van der Waals surface area contributed by atoms with Crippen molar-refractivity contribution in [1.29, 1.82) is 0 Å². The zero-order valence-corrected chi connectivity index (χ0v) is 17.4. The highest BCUT2D eigenvalue weighted by molar-refractivity contribution is 6.33. The number of hydrogen-bond donors (Lipinski definition) is 1. The molecular formula is C22H21ClF4N2O2. The van der Waals surface area contributed by atoms with Crippen LogP contribution in [0.15, 0.2) is 42.5 Å². The highest BCUT2D eigenvalue weighted by Crippen LogP contribution is 2.37. The van der Waals surface area contributed by atoms with E-state index in [0.717, 1.165) is 37.1 Å². The summed E-state index contributed by atoms with van der Waals surface area (Å²) in [6, 6.07) is 7.77. The van der Waals surface area contributed by atoms with Crippen molar-refractivity contribution in [2.75, 3.05) is 6.54 Å². The van der Waals surface area contributed by atoms with Crippen LogP contribution in [0.5, 0.6) is 0 Å². The lowest BCUT2D eigenvalue weighted by Crippen LogP contribution is -2.38. The van der Waals surface area contributed by atoms with Crippen LogP contribution in [0.25, 0.3) is 0 Å². The Morgan fingerprint density at radius 3 is 2.52 bits per heavy atom. The number of carbonyl (C=O) groups excluding carboxylic acids is 2. The fraction of sp³-hybridized carbons (Fsp3) is 0.364. The molecule has 0 saturated heterocycles. The summed E-state index contributed by atoms with van der Waals surface area (Å²) in [7, 11) is 0. The quantitative estimate of drug-likeness (QED) is 0.569. The summed E-state index contributed by atoms with van der Waals surface area (Å²) >= 11 is 5.86. The van der Waals surface area contributed by atoms with Crippen LogP contribution in [0.1, 0.15) is 53.7 Å². The summed E-state index contributed by atoms with van der Waals surface area (Å²) < 4.78 is 52.2. The van der Waals surface area contributed by atoms with Crippen LogP contribution in [0, 0.1) is 5.82 Å². The van der Waals surface area contributed by atoms with E-state index in [9.17, 15) is 27.2 Å². The molecule has 1 aliphatic carbocycles. The van der Waals surface area contributed by atoms with E-state index in [0.29, 0.717) is 5.56 Å². The SMILES string of the molecule is CC(c1cccc(C(F)(F)F)c1)N(C(=O)CCNC(=O)c1ccc(F)cc1Cl)C1CC1. The van der Waals surface area contributed by atoms with Gasteiger partial charge in [-0.2, -0.15) is 13.2 Å². The summed E-state index contributed by atoms with van der Waals surface area (Å²) in [6.45, 7) is 1.71. The molecule has 31 heavy (non-hydrogen) atoms. The lowest BCUT2D eigenvalue weighted by molar-refractivity contribution is -0.137. The maximum atomic E-state index is 13.1. The Morgan fingerprint density at radius 1 is 1.19 bits per heavy atom. The summed E-state index contributed by atoms with van der Waals surface area (Å²) in [6.07, 6.45) is -2.92. The zero-order valence-electron chi connectivity index (χ0n) is 16.7. The number of benzene rings is 2. The number of carbonyl (C=O) groups is 2. The van der Waals surface area contributed by atoms with E-state index in [-0.39, 0.29) is 35.5 Å². The molecule has 4 nitrogen and oxygen atoms in total. The fourth-order valence-electron chi connectivity index (χ4n) is 3.40. The van der Waals surface area contributed by atoms with Gasteiger partial charge >= 0.3 is 6.18 Å². The number of hydrogen-bond acceptors (Lipinski definition) is 2. The largest absolute Gasteiger partial charge is 0.416 e. The van der Waals surface area contributed by atoms with Crippen LogP contribution in [-0.2, 0) is 11.0 Å². The first kappa shape index (κ1) is 23.1. The summed E-state index contributed by atoms with van der Waals surface area (Å²) in [4.78, 5) is 26.6. The Labute approximate surface area is 182 Å². The Kier molecular flexibility index (Phi) is 6.89. The van der Waals surface area contributed by atoms with Gasteiger partial charge in [0.2, 0.25) is 5.91 Å². The van der Waals surface area contributed by atoms with Gasteiger partial charge in [-0.1, -0.05) is 23.7 Å². The molecule has 0 aliphatic heterocycles.